The summed E-state index contributed by atoms with van der Waals surface area (Å²) in [6.07, 6.45) is 0.737. The number of carbonyl (C=O) groups excluding carboxylic acids is 1. The number of benzene rings is 1. The summed E-state index contributed by atoms with van der Waals surface area (Å²) in [5.74, 6) is -2.41. The Bertz CT molecular complexity index is 482. The Morgan fingerprint density at radius 3 is 2.47 bits per heavy atom. The van der Waals surface area contributed by atoms with Crippen LogP contribution in [0.15, 0.2) is 18.2 Å². The van der Waals surface area contributed by atoms with Crippen molar-refractivity contribution < 1.29 is 14.7 Å². The molecule has 0 saturated carbocycles. The van der Waals surface area contributed by atoms with E-state index in [1.54, 1.807) is 7.05 Å². The maximum atomic E-state index is 11.8. The number of hydrogen-bond acceptors (Lipinski definition) is 2. The Balaban J connectivity index is 2.61. The number of likely N-dealkylation sites (N-methyl/N-ethyl adjacent to an activating group) is 1. The zero-order valence-electron chi connectivity index (χ0n) is 11.9. The summed E-state index contributed by atoms with van der Waals surface area (Å²) >= 11 is 0. The fourth-order valence-corrected chi connectivity index (χ4v) is 1.96. The third-order valence-corrected chi connectivity index (χ3v) is 3.33. The molecule has 4 heteroatoms. The van der Waals surface area contributed by atoms with E-state index in [-0.39, 0.29) is 5.91 Å². The third-order valence-electron chi connectivity index (χ3n) is 3.33. The maximum Gasteiger partial charge on any atom is 0.315 e. The predicted octanol–water partition coefficient (Wildman–Crippen LogP) is 2.03. The van der Waals surface area contributed by atoms with Crippen LogP contribution in [-0.2, 0) is 16.0 Å². The lowest BCUT2D eigenvalue weighted by molar-refractivity contribution is -0.149. The van der Waals surface area contributed by atoms with E-state index in [1.165, 1.54) is 28.5 Å². The van der Waals surface area contributed by atoms with Crippen LogP contribution in [0.25, 0.3) is 0 Å². The van der Waals surface area contributed by atoms with Gasteiger partial charge in [-0.3, -0.25) is 9.59 Å². The van der Waals surface area contributed by atoms with E-state index in [9.17, 15) is 9.59 Å². The van der Waals surface area contributed by atoms with Crippen molar-refractivity contribution in [2.45, 2.75) is 27.2 Å². The highest BCUT2D eigenvalue weighted by Crippen LogP contribution is 2.12. The van der Waals surface area contributed by atoms with E-state index in [1.807, 2.05) is 19.9 Å². The van der Waals surface area contributed by atoms with E-state index >= 15 is 0 Å². The van der Waals surface area contributed by atoms with Gasteiger partial charge in [-0.25, -0.2) is 0 Å². The lowest BCUT2D eigenvalue weighted by Crippen LogP contribution is -2.36. The first kappa shape index (κ1) is 15.2. The summed E-state index contributed by atoms with van der Waals surface area (Å²) in [6.45, 7) is 6.03. The van der Waals surface area contributed by atoms with Crippen molar-refractivity contribution in [1.29, 1.82) is 0 Å². The molecule has 0 spiro atoms. The Morgan fingerprint density at radius 2 is 1.95 bits per heavy atom. The topological polar surface area (TPSA) is 57.6 Å². The number of carboxylic acid groups (broad SMARTS) is 1. The monoisotopic (exact) mass is 263 g/mol. The number of aryl methyl sites for hydroxylation is 2. The molecule has 1 aromatic rings. The van der Waals surface area contributed by atoms with Crippen molar-refractivity contribution in [3.63, 3.8) is 0 Å². The van der Waals surface area contributed by atoms with Crippen molar-refractivity contribution >= 4 is 11.9 Å². The molecule has 0 aromatic heterocycles. The molecule has 0 aliphatic rings. The van der Waals surface area contributed by atoms with Gasteiger partial charge in [-0.15, -0.1) is 0 Å². The molecule has 0 aliphatic heterocycles. The number of carbonyl (C=O) groups is 2. The normalized spacial score (nSPS) is 12.0. The highest BCUT2D eigenvalue weighted by molar-refractivity contribution is 5.96. The number of carboxylic acids is 1. The van der Waals surface area contributed by atoms with E-state index in [4.69, 9.17) is 5.11 Å². The molecule has 104 valence electrons. The van der Waals surface area contributed by atoms with E-state index in [0.717, 1.165) is 6.42 Å². The van der Waals surface area contributed by atoms with Gasteiger partial charge in [0.25, 0.3) is 0 Å². The van der Waals surface area contributed by atoms with Crippen molar-refractivity contribution in [1.82, 2.24) is 4.90 Å². The predicted molar refractivity (Wildman–Crippen MR) is 74.1 cm³/mol. The summed E-state index contributed by atoms with van der Waals surface area (Å²) < 4.78 is 0. The zero-order chi connectivity index (χ0) is 14.6. The minimum atomic E-state index is -1.08. The highest BCUT2D eigenvalue weighted by Gasteiger charge is 2.23. The molecule has 19 heavy (non-hydrogen) atoms. The van der Waals surface area contributed by atoms with Crippen LogP contribution >= 0.6 is 0 Å². The molecule has 0 aliphatic carbocycles. The Kier molecular flexibility index (Phi) is 5.10. The minimum absolute atomic E-state index is 0.350. The molecular formula is C15H21NO3. The lowest BCUT2D eigenvalue weighted by Gasteiger charge is -2.20. The van der Waals surface area contributed by atoms with E-state index in [0.29, 0.717) is 6.54 Å². The molecule has 1 aromatic carbocycles. The first-order chi connectivity index (χ1) is 8.82. The van der Waals surface area contributed by atoms with Gasteiger partial charge < -0.3 is 10.0 Å². The van der Waals surface area contributed by atoms with Gasteiger partial charge in [0, 0.05) is 13.6 Å². The van der Waals surface area contributed by atoms with Crippen LogP contribution < -0.4 is 0 Å². The van der Waals surface area contributed by atoms with E-state index < -0.39 is 11.9 Å². The molecule has 0 bridgehead atoms. The SMILES string of the molecule is Cc1ccc(CCN(C)C(=O)C(C)C(=O)O)c(C)c1. The Hall–Kier alpha value is -1.84. The van der Waals surface area contributed by atoms with Crippen molar-refractivity contribution in [2.75, 3.05) is 13.6 Å². The van der Waals surface area contributed by atoms with Gasteiger partial charge in [-0.2, -0.15) is 0 Å². The molecule has 0 fully saturated rings. The Morgan fingerprint density at radius 1 is 1.32 bits per heavy atom. The van der Waals surface area contributed by atoms with Crippen molar-refractivity contribution in [2.24, 2.45) is 5.92 Å². The highest BCUT2D eigenvalue weighted by atomic mass is 16.4. The molecule has 1 N–H and O–H groups in total. The smallest absolute Gasteiger partial charge is 0.315 e. The maximum absolute atomic E-state index is 11.8. The summed E-state index contributed by atoms with van der Waals surface area (Å²) in [6, 6.07) is 6.21. The summed E-state index contributed by atoms with van der Waals surface area (Å²) in [4.78, 5) is 24.0. The van der Waals surface area contributed by atoms with Crippen LogP contribution in [-0.4, -0.2) is 35.5 Å². The molecule has 0 saturated heterocycles. The largest absolute Gasteiger partial charge is 0.481 e. The van der Waals surface area contributed by atoms with Crippen molar-refractivity contribution in [3.8, 4) is 0 Å². The summed E-state index contributed by atoms with van der Waals surface area (Å²) in [5.41, 5.74) is 3.60. The minimum Gasteiger partial charge on any atom is -0.481 e. The van der Waals surface area contributed by atoms with Gasteiger partial charge in [0.1, 0.15) is 5.92 Å². The number of rotatable bonds is 5. The molecule has 4 nitrogen and oxygen atoms in total. The van der Waals surface area contributed by atoms with Gasteiger partial charge in [-0.1, -0.05) is 23.8 Å². The van der Waals surface area contributed by atoms with Crippen LogP contribution in [0.2, 0.25) is 0 Å². The second-order valence-electron chi connectivity index (χ2n) is 5.00. The summed E-state index contributed by atoms with van der Waals surface area (Å²) in [5, 5.41) is 8.81. The number of hydrogen-bond donors (Lipinski definition) is 1. The van der Waals surface area contributed by atoms with E-state index in [2.05, 4.69) is 12.1 Å². The molecular weight excluding hydrogens is 242 g/mol. The quantitative estimate of drug-likeness (QED) is 0.827. The number of nitrogens with zero attached hydrogens (tertiary/aromatic N) is 1. The van der Waals surface area contributed by atoms with Gasteiger partial charge in [0.15, 0.2) is 0 Å². The van der Waals surface area contributed by atoms with Gasteiger partial charge in [-0.05, 0) is 38.3 Å². The van der Waals surface area contributed by atoms with Crippen LogP contribution in [0.3, 0.4) is 0 Å². The van der Waals surface area contributed by atoms with Crippen LogP contribution in [0.5, 0.6) is 0 Å². The van der Waals surface area contributed by atoms with Gasteiger partial charge in [0.2, 0.25) is 5.91 Å². The second kappa shape index (κ2) is 6.36. The molecule has 0 radical (unpaired) electrons. The number of aliphatic carboxylic acids is 1. The van der Waals surface area contributed by atoms with Crippen LogP contribution in [0.1, 0.15) is 23.6 Å². The molecule has 0 heterocycles. The zero-order valence-corrected chi connectivity index (χ0v) is 11.9. The standard InChI is InChI=1S/C15H21NO3/c1-10-5-6-13(11(2)9-10)7-8-16(4)14(17)12(3)15(18)19/h5-6,9,12H,7-8H2,1-4H3,(H,18,19). The fourth-order valence-electron chi connectivity index (χ4n) is 1.96. The lowest BCUT2D eigenvalue weighted by atomic mass is 10.0. The molecule has 1 rings (SSSR count). The first-order valence-electron chi connectivity index (χ1n) is 6.37. The van der Waals surface area contributed by atoms with Crippen molar-refractivity contribution in [3.05, 3.63) is 34.9 Å². The van der Waals surface area contributed by atoms with Crippen LogP contribution in [0, 0.1) is 19.8 Å². The third kappa shape index (κ3) is 4.09. The molecule has 1 unspecified atom stereocenters. The summed E-state index contributed by atoms with van der Waals surface area (Å²) in [7, 11) is 1.64. The van der Waals surface area contributed by atoms with Crippen LogP contribution in [0.4, 0.5) is 0 Å². The fraction of sp³-hybridized carbons (Fsp3) is 0.467. The molecule has 1 amide bonds. The second-order valence-corrected chi connectivity index (χ2v) is 5.00. The molecule has 1 atom stereocenters. The Labute approximate surface area is 114 Å². The average Bonchev–Trinajstić information content (AvgIpc) is 2.35. The van der Waals surface area contributed by atoms with Gasteiger partial charge in [0.05, 0.1) is 0 Å². The average molecular weight is 263 g/mol. The van der Waals surface area contributed by atoms with Gasteiger partial charge >= 0.3 is 5.97 Å². The first-order valence-corrected chi connectivity index (χ1v) is 6.37. The number of amides is 1.